The van der Waals surface area contributed by atoms with E-state index in [1.807, 2.05) is 42.2 Å². The van der Waals surface area contributed by atoms with Crippen LogP contribution in [0.15, 0.2) is 35.2 Å². The largest absolute Gasteiger partial charge is 0.353 e. The van der Waals surface area contributed by atoms with Gasteiger partial charge in [-0.15, -0.1) is 11.8 Å². The Morgan fingerprint density at radius 1 is 1.18 bits per heavy atom. The molecule has 3 rings (SSSR count). The van der Waals surface area contributed by atoms with Crippen LogP contribution in [0.25, 0.3) is 0 Å². The van der Waals surface area contributed by atoms with Gasteiger partial charge >= 0.3 is 0 Å². The maximum absolute atomic E-state index is 12.5. The van der Waals surface area contributed by atoms with Crippen LogP contribution in [-0.4, -0.2) is 52.7 Å². The quantitative estimate of drug-likeness (QED) is 0.651. The van der Waals surface area contributed by atoms with Crippen LogP contribution >= 0.6 is 23.4 Å². The van der Waals surface area contributed by atoms with Crippen LogP contribution in [0.3, 0.4) is 0 Å². The molecule has 1 aliphatic rings. The van der Waals surface area contributed by atoms with Gasteiger partial charge in [-0.1, -0.05) is 37.6 Å². The minimum atomic E-state index is 0.209. The lowest BCUT2D eigenvalue weighted by molar-refractivity contribution is -0.131. The molecule has 2 heterocycles. The molecular formula is C21H27ClN4OS. The van der Waals surface area contributed by atoms with E-state index in [1.54, 1.807) is 11.8 Å². The molecule has 150 valence electrons. The molecule has 1 aliphatic heterocycles. The van der Waals surface area contributed by atoms with Gasteiger partial charge in [0.1, 0.15) is 11.6 Å². The van der Waals surface area contributed by atoms with Crippen molar-refractivity contribution in [2.45, 2.75) is 38.0 Å². The zero-order valence-electron chi connectivity index (χ0n) is 16.7. The number of hydrogen-bond donors (Lipinski definition) is 0. The number of thioether (sulfide) groups is 1. The average molecular weight is 419 g/mol. The summed E-state index contributed by atoms with van der Waals surface area (Å²) in [6, 6.07) is 9.79. The number of anilines is 1. The molecule has 2 aromatic rings. The van der Waals surface area contributed by atoms with Crippen molar-refractivity contribution in [3.8, 4) is 0 Å². The van der Waals surface area contributed by atoms with Gasteiger partial charge in [-0.05, 0) is 19.1 Å². The molecule has 0 unspecified atom stereocenters. The van der Waals surface area contributed by atoms with Gasteiger partial charge in [-0.2, -0.15) is 0 Å². The highest BCUT2D eigenvalue weighted by molar-refractivity contribution is 7.99. The molecule has 0 spiro atoms. The van der Waals surface area contributed by atoms with E-state index in [-0.39, 0.29) is 5.91 Å². The number of carbonyl (C=O) groups excluding carboxylic acids is 1. The predicted octanol–water partition coefficient (Wildman–Crippen LogP) is 4.39. The lowest BCUT2D eigenvalue weighted by Gasteiger charge is -2.35. The maximum atomic E-state index is 12.5. The second-order valence-electron chi connectivity index (χ2n) is 7.28. The van der Waals surface area contributed by atoms with Gasteiger partial charge < -0.3 is 9.80 Å². The van der Waals surface area contributed by atoms with Gasteiger partial charge in [0.25, 0.3) is 0 Å². The van der Waals surface area contributed by atoms with Crippen LogP contribution in [-0.2, 0) is 4.79 Å². The molecule has 1 aromatic heterocycles. The topological polar surface area (TPSA) is 49.3 Å². The van der Waals surface area contributed by atoms with Crippen LogP contribution in [0.1, 0.15) is 37.7 Å². The molecule has 7 heteroatoms. The Morgan fingerprint density at radius 2 is 1.89 bits per heavy atom. The highest BCUT2D eigenvalue weighted by atomic mass is 35.5. The molecule has 0 aliphatic carbocycles. The molecule has 0 atom stereocenters. The van der Waals surface area contributed by atoms with Gasteiger partial charge in [0.05, 0.1) is 5.02 Å². The number of halogens is 1. The van der Waals surface area contributed by atoms with E-state index in [9.17, 15) is 4.79 Å². The highest BCUT2D eigenvalue weighted by Crippen LogP contribution is 2.27. The SMILES string of the molecule is Cc1cc(N2CCN(C(=O)CCSc3ccccc3Cl)CC2)nc(C(C)C)n1. The molecule has 1 amide bonds. The fourth-order valence-corrected chi connectivity index (χ4v) is 4.32. The van der Waals surface area contributed by atoms with Gasteiger partial charge in [0.2, 0.25) is 5.91 Å². The molecule has 1 saturated heterocycles. The van der Waals surface area contributed by atoms with E-state index in [4.69, 9.17) is 16.6 Å². The molecule has 1 fully saturated rings. The van der Waals surface area contributed by atoms with Crippen molar-refractivity contribution < 1.29 is 4.79 Å². The molecule has 0 bridgehead atoms. The standard InChI is InChI=1S/C21H27ClN4OS/c1-15(2)21-23-16(3)14-19(24-21)25-9-11-26(12-10-25)20(27)8-13-28-18-7-5-4-6-17(18)22/h4-7,14-15H,8-13H2,1-3H3. The molecule has 0 radical (unpaired) electrons. The second-order valence-corrected chi connectivity index (χ2v) is 8.82. The molecule has 5 nitrogen and oxygen atoms in total. The smallest absolute Gasteiger partial charge is 0.223 e. The maximum Gasteiger partial charge on any atom is 0.223 e. The Hall–Kier alpha value is -1.79. The van der Waals surface area contributed by atoms with Crippen molar-refractivity contribution in [2.24, 2.45) is 0 Å². The van der Waals surface area contributed by atoms with E-state index in [1.165, 1.54) is 0 Å². The fraction of sp³-hybridized carbons (Fsp3) is 0.476. The number of amides is 1. The lowest BCUT2D eigenvalue weighted by Crippen LogP contribution is -2.49. The molecule has 28 heavy (non-hydrogen) atoms. The number of piperazine rings is 1. The third-order valence-electron chi connectivity index (χ3n) is 4.74. The van der Waals surface area contributed by atoms with Crippen LogP contribution in [0.5, 0.6) is 0 Å². The first kappa shape index (κ1) is 20.9. The molecule has 0 saturated carbocycles. The summed E-state index contributed by atoms with van der Waals surface area (Å²) in [4.78, 5) is 27.0. The lowest BCUT2D eigenvalue weighted by atomic mass is 10.2. The van der Waals surface area contributed by atoms with Gasteiger partial charge in [-0.3, -0.25) is 4.79 Å². The zero-order chi connectivity index (χ0) is 20.1. The van der Waals surface area contributed by atoms with Crippen LogP contribution in [0, 0.1) is 6.92 Å². The number of benzene rings is 1. The van der Waals surface area contributed by atoms with Crippen molar-refractivity contribution in [2.75, 3.05) is 36.8 Å². The third-order valence-corrected chi connectivity index (χ3v) is 6.26. The monoisotopic (exact) mass is 418 g/mol. The first-order valence-electron chi connectivity index (χ1n) is 9.69. The number of aryl methyl sites for hydroxylation is 1. The summed E-state index contributed by atoms with van der Waals surface area (Å²) in [5, 5.41) is 0.745. The Balaban J connectivity index is 1.50. The fourth-order valence-electron chi connectivity index (χ4n) is 3.15. The average Bonchev–Trinajstić information content (AvgIpc) is 2.69. The minimum Gasteiger partial charge on any atom is -0.353 e. The summed E-state index contributed by atoms with van der Waals surface area (Å²) in [6.07, 6.45) is 0.528. The Morgan fingerprint density at radius 3 is 2.57 bits per heavy atom. The van der Waals surface area contributed by atoms with Crippen molar-refractivity contribution in [1.82, 2.24) is 14.9 Å². The predicted molar refractivity (Wildman–Crippen MR) is 116 cm³/mol. The number of rotatable bonds is 6. The van der Waals surface area contributed by atoms with Crippen molar-refractivity contribution in [1.29, 1.82) is 0 Å². The Bertz CT molecular complexity index is 822. The zero-order valence-corrected chi connectivity index (χ0v) is 18.3. The first-order chi connectivity index (χ1) is 13.4. The summed E-state index contributed by atoms with van der Waals surface area (Å²) < 4.78 is 0. The Kier molecular flexibility index (Phi) is 7.18. The number of carbonyl (C=O) groups is 1. The summed E-state index contributed by atoms with van der Waals surface area (Å²) in [7, 11) is 0. The van der Waals surface area contributed by atoms with Crippen molar-refractivity contribution >= 4 is 35.1 Å². The number of nitrogens with zero attached hydrogens (tertiary/aromatic N) is 4. The van der Waals surface area contributed by atoms with Gasteiger partial charge in [0.15, 0.2) is 0 Å². The molecule has 1 aromatic carbocycles. The van der Waals surface area contributed by atoms with Gasteiger partial charge in [-0.25, -0.2) is 9.97 Å². The second kappa shape index (κ2) is 9.61. The van der Waals surface area contributed by atoms with Crippen LogP contribution in [0.4, 0.5) is 5.82 Å². The van der Waals surface area contributed by atoms with E-state index in [0.717, 1.165) is 59.2 Å². The first-order valence-corrected chi connectivity index (χ1v) is 11.1. The third kappa shape index (κ3) is 5.39. The molecule has 0 N–H and O–H groups in total. The summed E-state index contributed by atoms with van der Waals surface area (Å²) >= 11 is 7.81. The van der Waals surface area contributed by atoms with E-state index < -0.39 is 0 Å². The van der Waals surface area contributed by atoms with E-state index in [0.29, 0.717) is 12.3 Å². The van der Waals surface area contributed by atoms with Crippen LogP contribution in [0.2, 0.25) is 5.02 Å². The normalized spacial score (nSPS) is 14.6. The van der Waals surface area contributed by atoms with Crippen molar-refractivity contribution in [3.05, 3.63) is 46.9 Å². The highest BCUT2D eigenvalue weighted by Gasteiger charge is 2.22. The summed E-state index contributed by atoms with van der Waals surface area (Å²) in [6.45, 7) is 9.29. The Labute approximate surface area is 176 Å². The minimum absolute atomic E-state index is 0.209. The summed E-state index contributed by atoms with van der Waals surface area (Å²) in [5.41, 5.74) is 0.990. The van der Waals surface area contributed by atoms with Gasteiger partial charge in [0, 0.05) is 60.9 Å². The van der Waals surface area contributed by atoms with Crippen molar-refractivity contribution in [3.63, 3.8) is 0 Å². The van der Waals surface area contributed by atoms with E-state index >= 15 is 0 Å². The summed E-state index contributed by atoms with van der Waals surface area (Å²) in [5.74, 6) is 3.10. The van der Waals surface area contributed by atoms with E-state index in [2.05, 4.69) is 23.7 Å². The molecular weight excluding hydrogens is 392 g/mol. The number of aromatic nitrogens is 2. The number of hydrogen-bond acceptors (Lipinski definition) is 5. The van der Waals surface area contributed by atoms with Crippen LogP contribution < -0.4 is 4.90 Å².